The molecule has 0 saturated heterocycles. The van der Waals surface area contributed by atoms with Crippen LogP contribution < -0.4 is 10.6 Å². The number of halogens is 1. The zero-order valence-corrected chi connectivity index (χ0v) is 12.4. The van der Waals surface area contributed by atoms with Crippen molar-refractivity contribution in [1.82, 2.24) is 9.97 Å². The van der Waals surface area contributed by atoms with Crippen LogP contribution in [0.1, 0.15) is 18.2 Å². The number of nitrogens with one attached hydrogen (secondary N) is 2. The second-order valence-corrected chi connectivity index (χ2v) is 5.90. The molecule has 2 heterocycles. The molecule has 0 amide bonds. The van der Waals surface area contributed by atoms with Crippen molar-refractivity contribution in [2.24, 2.45) is 0 Å². The number of nitrogens with zero attached hydrogens (tertiary/aromatic N) is 2. The van der Waals surface area contributed by atoms with Crippen LogP contribution >= 0.6 is 22.9 Å². The highest BCUT2D eigenvalue weighted by molar-refractivity contribution is 7.16. The lowest BCUT2D eigenvalue weighted by Crippen LogP contribution is -2.07. The van der Waals surface area contributed by atoms with Gasteiger partial charge in [-0.05, 0) is 25.0 Å². The molecule has 0 radical (unpaired) electrons. The summed E-state index contributed by atoms with van der Waals surface area (Å²) < 4.78 is 0.836. The number of thiophene rings is 1. The molecule has 0 spiro atoms. The lowest BCUT2D eigenvalue weighted by atomic mass is 10.3. The molecule has 6 heteroatoms. The first-order chi connectivity index (χ1) is 9.28. The maximum atomic E-state index is 5.89. The van der Waals surface area contributed by atoms with Crippen molar-refractivity contribution < 1.29 is 0 Å². The Morgan fingerprint density at radius 2 is 1.89 bits per heavy atom. The Hall–Kier alpha value is -1.33. The third kappa shape index (κ3) is 4.69. The van der Waals surface area contributed by atoms with Gasteiger partial charge in [0, 0.05) is 24.0 Å². The van der Waals surface area contributed by atoms with E-state index in [1.54, 1.807) is 17.7 Å². The van der Waals surface area contributed by atoms with Gasteiger partial charge < -0.3 is 10.6 Å². The first-order valence-corrected chi connectivity index (χ1v) is 7.51. The Morgan fingerprint density at radius 1 is 1.16 bits per heavy atom. The number of anilines is 2. The maximum absolute atomic E-state index is 5.89. The van der Waals surface area contributed by atoms with Crippen LogP contribution in [0.4, 0.5) is 11.6 Å². The lowest BCUT2D eigenvalue weighted by Gasteiger charge is -2.07. The molecule has 0 fully saturated rings. The molecular formula is C13H17ClN4S. The largest absolute Gasteiger partial charge is 0.370 e. The fraction of sp³-hybridized carbons (Fsp3) is 0.385. The highest BCUT2D eigenvalue weighted by Gasteiger charge is 2.00. The van der Waals surface area contributed by atoms with Gasteiger partial charge in [0.05, 0.1) is 4.34 Å². The van der Waals surface area contributed by atoms with E-state index in [0.717, 1.165) is 41.9 Å². The molecule has 4 nitrogen and oxygen atoms in total. The second kappa shape index (κ2) is 7.31. The average Bonchev–Trinajstić information content (AvgIpc) is 2.83. The van der Waals surface area contributed by atoms with E-state index in [4.69, 9.17) is 11.6 Å². The Balaban J connectivity index is 1.82. The van der Waals surface area contributed by atoms with Gasteiger partial charge in [0.1, 0.15) is 18.0 Å². The van der Waals surface area contributed by atoms with Gasteiger partial charge in [0.25, 0.3) is 0 Å². The number of hydrogen-bond acceptors (Lipinski definition) is 5. The quantitative estimate of drug-likeness (QED) is 0.818. The molecule has 2 aromatic heterocycles. The van der Waals surface area contributed by atoms with E-state index in [1.165, 1.54) is 4.88 Å². The van der Waals surface area contributed by atoms with Gasteiger partial charge in [0.2, 0.25) is 0 Å². The van der Waals surface area contributed by atoms with Crippen molar-refractivity contribution in [3.05, 3.63) is 33.7 Å². The molecule has 102 valence electrons. The van der Waals surface area contributed by atoms with Crippen molar-refractivity contribution in [3.63, 3.8) is 0 Å². The van der Waals surface area contributed by atoms with E-state index in [1.807, 2.05) is 12.1 Å². The van der Waals surface area contributed by atoms with E-state index in [9.17, 15) is 0 Å². The average molecular weight is 297 g/mol. The molecule has 0 unspecified atom stereocenters. The van der Waals surface area contributed by atoms with Gasteiger partial charge >= 0.3 is 0 Å². The van der Waals surface area contributed by atoms with Crippen molar-refractivity contribution in [3.8, 4) is 0 Å². The molecule has 0 aromatic carbocycles. The topological polar surface area (TPSA) is 49.8 Å². The summed E-state index contributed by atoms with van der Waals surface area (Å²) in [5, 5.41) is 6.53. The standard InChI is InChI=1S/C13H17ClN4S/c1-2-6-15-12-8-13(18-9-17-12)16-7-5-10-3-4-11(14)19-10/h3-4,8-9H,2,5-7H2,1H3,(H2,15,16,17,18). The van der Waals surface area contributed by atoms with Crippen molar-refractivity contribution in [2.75, 3.05) is 23.7 Å². The molecule has 0 atom stereocenters. The molecule has 2 rings (SSSR count). The highest BCUT2D eigenvalue weighted by Crippen LogP contribution is 2.21. The zero-order valence-electron chi connectivity index (χ0n) is 10.8. The first kappa shape index (κ1) is 14.1. The minimum absolute atomic E-state index is 0.834. The number of rotatable bonds is 7. The van der Waals surface area contributed by atoms with Crippen LogP contribution in [-0.2, 0) is 6.42 Å². The maximum Gasteiger partial charge on any atom is 0.131 e. The fourth-order valence-corrected chi connectivity index (χ4v) is 2.69. The lowest BCUT2D eigenvalue weighted by molar-refractivity contribution is 0.961. The van der Waals surface area contributed by atoms with Gasteiger partial charge in [-0.15, -0.1) is 11.3 Å². The van der Waals surface area contributed by atoms with E-state index in [0.29, 0.717) is 0 Å². The molecule has 0 aliphatic heterocycles. The SMILES string of the molecule is CCCNc1cc(NCCc2ccc(Cl)s2)ncn1. The van der Waals surface area contributed by atoms with Crippen LogP contribution in [-0.4, -0.2) is 23.1 Å². The van der Waals surface area contributed by atoms with Gasteiger partial charge in [-0.1, -0.05) is 18.5 Å². The van der Waals surface area contributed by atoms with Gasteiger partial charge in [-0.25, -0.2) is 9.97 Å². The Kier molecular flexibility index (Phi) is 5.42. The van der Waals surface area contributed by atoms with Crippen molar-refractivity contribution in [1.29, 1.82) is 0 Å². The summed E-state index contributed by atoms with van der Waals surface area (Å²) in [5.74, 6) is 1.70. The van der Waals surface area contributed by atoms with E-state index >= 15 is 0 Å². The first-order valence-electron chi connectivity index (χ1n) is 6.32. The van der Waals surface area contributed by atoms with Crippen LogP contribution in [0.25, 0.3) is 0 Å². The monoisotopic (exact) mass is 296 g/mol. The summed E-state index contributed by atoms with van der Waals surface area (Å²) in [4.78, 5) is 9.64. The predicted molar refractivity (Wildman–Crippen MR) is 82.3 cm³/mol. The minimum Gasteiger partial charge on any atom is -0.370 e. The zero-order chi connectivity index (χ0) is 13.5. The van der Waals surface area contributed by atoms with Crippen LogP contribution in [0.3, 0.4) is 0 Å². The van der Waals surface area contributed by atoms with E-state index < -0.39 is 0 Å². The predicted octanol–water partition coefficient (Wildman–Crippen LogP) is 3.67. The van der Waals surface area contributed by atoms with Gasteiger partial charge in [0.15, 0.2) is 0 Å². The van der Waals surface area contributed by atoms with Crippen LogP contribution in [0.2, 0.25) is 4.34 Å². The second-order valence-electron chi connectivity index (χ2n) is 4.10. The molecule has 2 aromatic rings. The molecule has 0 aliphatic rings. The van der Waals surface area contributed by atoms with E-state index in [2.05, 4.69) is 33.6 Å². The molecule has 0 bridgehead atoms. The van der Waals surface area contributed by atoms with Gasteiger partial charge in [-0.3, -0.25) is 0 Å². The summed E-state index contributed by atoms with van der Waals surface area (Å²) in [7, 11) is 0. The van der Waals surface area contributed by atoms with Crippen LogP contribution in [0, 0.1) is 0 Å². The normalized spacial score (nSPS) is 10.4. The smallest absolute Gasteiger partial charge is 0.131 e. The molecular weight excluding hydrogens is 280 g/mol. The molecule has 0 saturated carbocycles. The summed E-state index contributed by atoms with van der Waals surface area (Å²) in [6.07, 6.45) is 3.59. The highest BCUT2D eigenvalue weighted by atomic mass is 35.5. The number of hydrogen-bond donors (Lipinski definition) is 2. The summed E-state index contributed by atoms with van der Waals surface area (Å²) in [6, 6.07) is 5.92. The fourth-order valence-electron chi connectivity index (χ4n) is 1.60. The van der Waals surface area contributed by atoms with E-state index in [-0.39, 0.29) is 0 Å². The molecule has 2 N–H and O–H groups in total. The Labute approximate surface area is 122 Å². The van der Waals surface area contributed by atoms with Crippen LogP contribution in [0.5, 0.6) is 0 Å². The summed E-state index contributed by atoms with van der Waals surface area (Å²) in [5.41, 5.74) is 0. The molecule has 19 heavy (non-hydrogen) atoms. The summed E-state index contributed by atoms with van der Waals surface area (Å²) in [6.45, 7) is 3.88. The number of aromatic nitrogens is 2. The molecule has 0 aliphatic carbocycles. The van der Waals surface area contributed by atoms with Crippen LogP contribution in [0.15, 0.2) is 24.5 Å². The third-order valence-electron chi connectivity index (χ3n) is 2.53. The van der Waals surface area contributed by atoms with Crippen molar-refractivity contribution in [2.45, 2.75) is 19.8 Å². The minimum atomic E-state index is 0.834. The third-order valence-corrected chi connectivity index (χ3v) is 3.82. The van der Waals surface area contributed by atoms with Crippen molar-refractivity contribution >= 4 is 34.6 Å². The summed E-state index contributed by atoms with van der Waals surface area (Å²) >= 11 is 7.51. The van der Waals surface area contributed by atoms with Gasteiger partial charge in [-0.2, -0.15) is 0 Å². The Morgan fingerprint density at radius 3 is 2.53 bits per heavy atom. The Bertz CT molecular complexity index is 515.